The lowest BCUT2D eigenvalue weighted by Gasteiger charge is -2.36. The number of nitrogens with zero attached hydrogens (tertiary/aromatic N) is 6. The molecule has 0 saturated carbocycles. The van der Waals surface area contributed by atoms with E-state index in [1.54, 1.807) is 0 Å². The summed E-state index contributed by atoms with van der Waals surface area (Å²) in [5.74, 6) is 0. The van der Waals surface area contributed by atoms with Gasteiger partial charge in [-0.1, -0.05) is 12.1 Å². The van der Waals surface area contributed by atoms with Gasteiger partial charge in [-0.25, -0.2) is 0 Å². The van der Waals surface area contributed by atoms with Crippen LogP contribution in [0.3, 0.4) is 0 Å². The minimum Gasteiger partial charge on any atom is -0.452 e. The molecule has 6 heterocycles. The Morgan fingerprint density at radius 1 is 0.634 bits per heavy atom. The third kappa shape index (κ3) is 3.46. The van der Waals surface area contributed by atoms with Crippen LogP contribution in [0.25, 0.3) is 44.1 Å². The third-order valence-electron chi connectivity index (χ3n) is 8.59. The number of hydrogen-bond donors (Lipinski definition) is 0. The van der Waals surface area contributed by atoms with Crippen LogP contribution in [-0.4, -0.2) is 38.8 Å². The van der Waals surface area contributed by atoms with E-state index in [2.05, 4.69) is 106 Å². The van der Waals surface area contributed by atoms with Crippen LogP contribution in [-0.2, 0) is 0 Å². The maximum atomic E-state index is 6.34. The fourth-order valence-corrected chi connectivity index (χ4v) is 6.31. The molecule has 4 aromatic heterocycles. The second-order valence-corrected chi connectivity index (χ2v) is 11.0. The largest absolute Gasteiger partial charge is 0.452 e. The SMILES string of the molecule is Cc1ccc2c(oc3cccnc32)c1N1C=CN(CN2C=CN(c3c(C)ccc4c3oc3cccnc34)[C@H]2C)[C@H]1C. The highest BCUT2D eigenvalue weighted by molar-refractivity contribution is 6.08. The van der Waals surface area contributed by atoms with Crippen LogP contribution in [0.2, 0.25) is 0 Å². The van der Waals surface area contributed by atoms with Gasteiger partial charge in [0.25, 0.3) is 0 Å². The van der Waals surface area contributed by atoms with Crippen LogP contribution in [0.15, 0.2) is 94.6 Å². The Balaban J connectivity index is 1.08. The number of benzene rings is 2. The predicted molar refractivity (Wildman–Crippen MR) is 163 cm³/mol. The van der Waals surface area contributed by atoms with Crippen LogP contribution in [0.1, 0.15) is 25.0 Å². The van der Waals surface area contributed by atoms with Crippen molar-refractivity contribution in [2.45, 2.75) is 40.0 Å². The summed E-state index contributed by atoms with van der Waals surface area (Å²) in [6.45, 7) is 9.47. The van der Waals surface area contributed by atoms with E-state index in [1.165, 1.54) is 11.1 Å². The number of hydrogen-bond acceptors (Lipinski definition) is 8. The Labute approximate surface area is 237 Å². The van der Waals surface area contributed by atoms with Crippen LogP contribution < -0.4 is 9.80 Å². The average molecular weight is 543 g/mol. The van der Waals surface area contributed by atoms with E-state index in [9.17, 15) is 0 Å². The van der Waals surface area contributed by atoms with Gasteiger partial charge >= 0.3 is 0 Å². The molecule has 0 unspecified atom stereocenters. The monoisotopic (exact) mass is 542 g/mol. The number of aromatic nitrogens is 2. The molecule has 0 amide bonds. The first-order chi connectivity index (χ1) is 20.0. The molecule has 0 aliphatic carbocycles. The third-order valence-corrected chi connectivity index (χ3v) is 8.59. The van der Waals surface area contributed by atoms with E-state index in [0.717, 1.165) is 62.2 Å². The molecule has 8 heteroatoms. The summed E-state index contributed by atoms with van der Waals surface area (Å²) < 4.78 is 12.7. The van der Waals surface area contributed by atoms with Crippen molar-refractivity contribution < 1.29 is 8.83 Å². The number of aryl methyl sites for hydroxylation is 2. The van der Waals surface area contributed by atoms with Gasteiger partial charge in [0, 0.05) is 48.0 Å². The molecule has 2 atom stereocenters. The van der Waals surface area contributed by atoms with E-state index >= 15 is 0 Å². The van der Waals surface area contributed by atoms with E-state index in [1.807, 2.05) is 36.7 Å². The highest BCUT2D eigenvalue weighted by Crippen LogP contribution is 2.41. The van der Waals surface area contributed by atoms with Gasteiger partial charge in [-0.2, -0.15) is 0 Å². The Bertz CT molecular complexity index is 1890. The van der Waals surface area contributed by atoms with E-state index in [-0.39, 0.29) is 12.3 Å². The van der Waals surface area contributed by atoms with Gasteiger partial charge in [0.05, 0.1) is 18.0 Å². The minimum absolute atomic E-state index is 0.0988. The molecular weight excluding hydrogens is 512 g/mol. The normalized spacial score (nSPS) is 18.9. The summed E-state index contributed by atoms with van der Waals surface area (Å²) in [7, 11) is 0. The Kier molecular flexibility index (Phi) is 5.10. The summed E-state index contributed by atoms with van der Waals surface area (Å²) in [6, 6.07) is 16.3. The highest BCUT2D eigenvalue weighted by Gasteiger charge is 2.32. The van der Waals surface area contributed by atoms with Crippen molar-refractivity contribution in [3.8, 4) is 0 Å². The lowest BCUT2D eigenvalue weighted by atomic mass is 10.1. The number of pyridine rings is 2. The molecule has 0 fully saturated rings. The quantitative estimate of drug-likeness (QED) is 0.228. The highest BCUT2D eigenvalue weighted by atomic mass is 16.3. The van der Waals surface area contributed by atoms with Crippen molar-refractivity contribution in [1.29, 1.82) is 0 Å². The summed E-state index contributed by atoms with van der Waals surface area (Å²) in [4.78, 5) is 18.5. The maximum absolute atomic E-state index is 6.34. The van der Waals surface area contributed by atoms with Crippen LogP contribution >= 0.6 is 0 Å². The molecule has 41 heavy (non-hydrogen) atoms. The van der Waals surface area contributed by atoms with Crippen LogP contribution in [0.5, 0.6) is 0 Å². The Hall–Kier alpha value is -4.98. The van der Waals surface area contributed by atoms with Gasteiger partial charge < -0.3 is 28.4 Å². The molecule has 6 aromatic rings. The molecule has 0 radical (unpaired) electrons. The number of rotatable bonds is 4. The number of furan rings is 2. The van der Waals surface area contributed by atoms with Crippen molar-refractivity contribution in [3.05, 3.63) is 96.9 Å². The maximum Gasteiger partial charge on any atom is 0.161 e. The minimum atomic E-state index is 0.0988. The molecule has 2 aromatic carbocycles. The van der Waals surface area contributed by atoms with Crippen LogP contribution in [0, 0.1) is 13.8 Å². The molecule has 8 rings (SSSR count). The molecule has 0 N–H and O–H groups in total. The predicted octanol–water partition coefficient (Wildman–Crippen LogP) is 7.43. The Morgan fingerprint density at radius 2 is 1.10 bits per heavy atom. The standard InChI is InChI=1S/C33H30N6O2/c1-20-9-11-24-28-26(7-5-13-34-28)40-32(24)30(20)38-17-15-36(22(38)3)19-37-16-18-39(23(37)4)31-21(2)10-12-25-29-27(41-33(25)31)8-6-14-35-29/h5-18,22-23H,19H2,1-4H3/t22-,23+. The van der Waals surface area contributed by atoms with Crippen molar-refractivity contribution in [2.75, 3.05) is 16.5 Å². The van der Waals surface area contributed by atoms with E-state index < -0.39 is 0 Å². The topological polar surface area (TPSA) is 65.0 Å². The number of fused-ring (bicyclic) bond motifs is 6. The van der Waals surface area contributed by atoms with Gasteiger partial charge in [0.15, 0.2) is 22.3 Å². The van der Waals surface area contributed by atoms with Crippen molar-refractivity contribution in [3.63, 3.8) is 0 Å². The van der Waals surface area contributed by atoms with Crippen molar-refractivity contribution >= 4 is 55.5 Å². The van der Waals surface area contributed by atoms with Gasteiger partial charge in [-0.3, -0.25) is 9.97 Å². The first-order valence-corrected chi connectivity index (χ1v) is 14.0. The zero-order valence-corrected chi connectivity index (χ0v) is 23.4. The second-order valence-electron chi connectivity index (χ2n) is 11.0. The molecule has 204 valence electrons. The Morgan fingerprint density at radius 3 is 1.56 bits per heavy atom. The van der Waals surface area contributed by atoms with Crippen molar-refractivity contribution in [2.24, 2.45) is 0 Å². The first kappa shape index (κ1) is 23.9. The lowest BCUT2D eigenvalue weighted by molar-refractivity contribution is 0.176. The van der Waals surface area contributed by atoms with Crippen LogP contribution in [0.4, 0.5) is 11.4 Å². The zero-order valence-electron chi connectivity index (χ0n) is 23.4. The van der Waals surface area contributed by atoms with Gasteiger partial charge in [-0.15, -0.1) is 0 Å². The summed E-state index contributed by atoms with van der Waals surface area (Å²) in [5, 5.41) is 2.08. The molecule has 8 nitrogen and oxygen atoms in total. The summed E-state index contributed by atoms with van der Waals surface area (Å²) in [5.41, 5.74) is 9.67. The number of anilines is 2. The first-order valence-electron chi connectivity index (χ1n) is 14.0. The van der Waals surface area contributed by atoms with E-state index in [4.69, 9.17) is 8.83 Å². The van der Waals surface area contributed by atoms with Crippen molar-refractivity contribution in [1.82, 2.24) is 19.8 Å². The molecule has 0 bridgehead atoms. The smallest absolute Gasteiger partial charge is 0.161 e. The molecule has 2 aliphatic rings. The molecule has 0 saturated heterocycles. The van der Waals surface area contributed by atoms with Gasteiger partial charge in [0.1, 0.15) is 23.4 Å². The fraction of sp³-hybridized carbons (Fsp3) is 0.212. The summed E-state index contributed by atoms with van der Waals surface area (Å²) in [6.07, 6.45) is 12.5. The molecule has 0 spiro atoms. The second kappa shape index (κ2) is 8.76. The van der Waals surface area contributed by atoms with Gasteiger partial charge in [0.2, 0.25) is 0 Å². The summed E-state index contributed by atoms with van der Waals surface area (Å²) >= 11 is 0. The average Bonchev–Trinajstić information content (AvgIpc) is 3.73. The lowest BCUT2D eigenvalue weighted by Crippen LogP contribution is -2.45. The molecular formula is C33H30N6O2. The fourth-order valence-electron chi connectivity index (χ4n) is 6.31. The van der Waals surface area contributed by atoms with E-state index in [0.29, 0.717) is 0 Å². The molecule has 2 aliphatic heterocycles. The zero-order chi connectivity index (χ0) is 27.8. The van der Waals surface area contributed by atoms with Gasteiger partial charge in [-0.05, 0) is 75.2 Å².